The zero-order valence-electron chi connectivity index (χ0n) is 8.97. The van der Waals surface area contributed by atoms with Gasteiger partial charge in [-0.3, -0.25) is 5.41 Å². The highest BCUT2D eigenvalue weighted by molar-refractivity contribution is 5.96. The first-order chi connectivity index (χ1) is 7.66. The van der Waals surface area contributed by atoms with Gasteiger partial charge in [0.15, 0.2) is 0 Å². The summed E-state index contributed by atoms with van der Waals surface area (Å²) in [5.74, 6) is -1.04. The van der Waals surface area contributed by atoms with Gasteiger partial charge in [0, 0.05) is 24.7 Å². The van der Waals surface area contributed by atoms with Crippen molar-refractivity contribution < 1.29 is 8.78 Å². The molecule has 0 unspecified atom stereocenters. The molecule has 0 aromatic heterocycles. The monoisotopic (exact) mass is 224 g/mol. The normalized spacial score (nSPS) is 16.2. The van der Waals surface area contributed by atoms with Gasteiger partial charge in [-0.15, -0.1) is 0 Å². The Labute approximate surface area is 93.4 Å². The summed E-state index contributed by atoms with van der Waals surface area (Å²) in [5, 5.41) is 7.91. The number of hydrogen-bond acceptors (Lipinski definition) is 1. The highest BCUT2D eigenvalue weighted by atomic mass is 19.1. The van der Waals surface area contributed by atoms with Gasteiger partial charge < -0.3 is 4.90 Å². The maximum atomic E-state index is 13.0. The third kappa shape index (κ3) is 2.38. The SMILES string of the molecule is N=C(c1cc(F)cc(F)c1)N1CCCCC1. The van der Waals surface area contributed by atoms with Crippen molar-refractivity contribution in [1.29, 1.82) is 5.41 Å². The van der Waals surface area contributed by atoms with Crippen molar-refractivity contribution in [2.75, 3.05) is 13.1 Å². The van der Waals surface area contributed by atoms with Crippen molar-refractivity contribution in [1.82, 2.24) is 4.90 Å². The van der Waals surface area contributed by atoms with Crippen molar-refractivity contribution in [3.8, 4) is 0 Å². The first-order valence-electron chi connectivity index (χ1n) is 5.47. The first-order valence-corrected chi connectivity index (χ1v) is 5.47. The van der Waals surface area contributed by atoms with Crippen LogP contribution in [0.25, 0.3) is 0 Å². The van der Waals surface area contributed by atoms with E-state index in [2.05, 4.69) is 0 Å². The number of piperidine rings is 1. The molecule has 0 spiro atoms. The van der Waals surface area contributed by atoms with Crippen LogP contribution in [0.3, 0.4) is 0 Å². The Balaban J connectivity index is 2.19. The fourth-order valence-electron chi connectivity index (χ4n) is 1.99. The minimum absolute atomic E-state index is 0.220. The Morgan fingerprint density at radius 2 is 1.56 bits per heavy atom. The molecule has 0 amide bonds. The molecule has 2 nitrogen and oxygen atoms in total. The number of benzene rings is 1. The Morgan fingerprint density at radius 3 is 2.12 bits per heavy atom. The van der Waals surface area contributed by atoms with E-state index in [1.165, 1.54) is 18.6 Å². The summed E-state index contributed by atoms with van der Waals surface area (Å²) in [6, 6.07) is 3.24. The molecule has 0 radical (unpaired) electrons. The highest BCUT2D eigenvalue weighted by Gasteiger charge is 2.16. The van der Waals surface area contributed by atoms with Gasteiger partial charge in [-0.1, -0.05) is 0 Å². The average molecular weight is 224 g/mol. The number of rotatable bonds is 1. The Bertz CT molecular complexity index is 378. The maximum absolute atomic E-state index is 13.0. The first kappa shape index (κ1) is 11.0. The van der Waals surface area contributed by atoms with Crippen LogP contribution < -0.4 is 0 Å². The molecule has 1 fully saturated rings. The molecule has 4 heteroatoms. The van der Waals surface area contributed by atoms with Gasteiger partial charge in [0.25, 0.3) is 0 Å². The molecule has 1 aliphatic rings. The molecule has 2 rings (SSSR count). The summed E-state index contributed by atoms with van der Waals surface area (Å²) >= 11 is 0. The second-order valence-corrected chi connectivity index (χ2v) is 4.05. The Morgan fingerprint density at radius 1 is 1.00 bits per heavy atom. The molecule has 1 heterocycles. The summed E-state index contributed by atoms with van der Waals surface area (Å²) in [4.78, 5) is 1.87. The van der Waals surface area contributed by atoms with E-state index in [9.17, 15) is 8.78 Å². The summed E-state index contributed by atoms with van der Waals surface area (Å²) < 4.78 is 26.0. The lowest BCUT2D eigenvalue weighted by Crippen LogP contribution is -2.35. The molecule has 1 saturated heterocycles. The molecule has 16 heavy (non-hydrogen) atoms. The lowest BCUT2D eigenvalue weighted by molar-refractivity contribution is 0.341. The quantitative estimate of drug-likeness (QED) is 0.576. The lowest BCUT2D eigenvalue weighted by Gasteiger charge is -2.29. The zero-order valence-corrected chi connectivity index (χ0v) is 8.97. The van der Waals surface area contributed by atoms with Crippen LogP contribution >= 0.6 is 0 Å². The minimum Gasteiger partial charge on any atom is -0.357 e. The third-order valence-electron chi connectivity index (χ3n) is 2.81. The molecular formula is C12H14F2N2. The molecule has 0 atom stereocenters. The number of hydrogen-bond donors (Lipinski definition) is 1. The molecule has 1 N–H and O–H groups in total. The molecule has 0 aliphatic carbocycles. The van der Waals surface area contributed by atoms with E-state index in [4.69, 9.17) is 5.41 Å². The second kappa shape index (κ2) is 4.60. The molecule has 0 saturated carbocycles. The largest absolute Gasteiger partial charge is 0.357 e. The molecular weight excluding hydrogens is 210 g/mol. The minimum atomic E-state index is -0.628. The van der Waals surface area contributed by atoms with E-state index in [1.54, 1.807) is 0 Å². The standard InChI is InChI=1S/C12H14F2N2/c13-10-6-9(7-11(14)8-10)12(15)16-4-2-1-3-5-16/h6-8,15H,1-5H2. The van der Waals surface area contributed by atoms with Gasteiger partial charge in [-0.05, 0) is 31.4 Å². The van der Waals surface area contributed by atoms with Crippen LogP contribution in [0.2, 0.25) is 0 Å². The van der Waals surface area contributed by atoms with Crippen LogP contribution in [0, 0.1) is 17.0 Å². The van der Waals surface area contributed by atoms with Crippen molar-refractivity contribution in [3.05, 3.63) is 35.4 Å². The van der Waals surface area contributed by atoms with E-state index in [0.29, 0.717) is 5.56 Å². The van der Waals surface area contributed by atoms with Gasteiger partial charge in [-0.25, -0.2) is 8.78 Å². The molecule has 0 bridgehead atoms. The van der Waals surface area contributed by atoms with Crippen LogP contribution in [0.5, 0.6) is 0 Å². The highest BCUT2D eigenvalue weighted by Crippen LogP contribution is 2.15. The summed E-state index contributed by atoms with van der Waals surface area (Å²) in [6.07, 6.45) is 3.25. The number of amidine groups is 1. The van der Waals surface area contributed by atoms with Crippen LogP contribution in [-0.4, -0.2) is 23.8 Å². The molecule has 1 aromatic carbocycles. The van der Waals surface area contributed by atoms with Crippen molar-refractivity contribution in [2.24, 2.45) is 0 Å². The summed E-state index contributed by atoms with van der Waals surface area (Å²) in [6.45, 7) is 1.61. The number of halogens is 2. The summed E-state index contributed by atoms with van der Waals surface area (Å²) in [7, 11) is 0. The molecule has 1 aliphatic heterocycles. The Kier molecular flexibility index (Phi) is 3.17. The molecule has 86 valence electrons. The number of likely N-dealkylation sites (tertiary alicyclic amines) is 1. The van der Waals surface area contributed by atoms with Gasteiger partial charge in [-0.2, -0.15) is 0 Å². The van der Waals surface area contributed by atoms with Gasteiger partial charge in [0.05, 0.1) is 0 Å². The van der Waals surface area contributed by atoms with Crippen molar-refractivity contribution >= 4 is 5.84 Å². The zero-order chi connectivity index (χ0) is 11.5. The number of nitrogens with zero attached hydrogens (tertiary/aromatic N) is 1. The van der Waals surface area contributed by atoms with Crippen LogP contribution in [0.1, 0.15) is 24.8 Å². The maximum Gasteiger partial charge on any atom is 0.128 e. The van der Waals surface area contributed by atoms with Gasteiger partial charge >= 0.3 is 0 Å². The van der Waals surface area contributed by atoms with Crippen molar-refractivity contribution in [2.45, 2.75) is 19.3 Å². The predicted molar refractivity (Wildman–Crippen MR) is 58.6 cm³/mol. The van der Waals surface area contributed by atoms with E-state index in [0.717, 1.165) is 32.0 Å². The lowest BCUT2D eigenvalue weighted by atomic mass is 10.1. The topological polar surface area (TPSA) is 27.1 Å². The predicted octanol–water partition coefficient (Wildman–Crippen LogP) is 2.78. The smallest absolute Gasteiger partial charge is 0.128 e. The Hall–Kier alpha value is -1.45. The van der Waals surface area contributed by atoms with E-state index in [-0.39, 0.29) is 5.84 Å². The van der Waals surface area contributed by atoms with Crippen molar-refractivity contribution in [3.63, 3.8) is 0 Å². The van der Waals surface area contributed by atoms with E-state index < -0.39 is 11.6 Å². The summed E-state index contributed by atoms with van der Waals surface area (Å²) in [5.41, 5.74) is 0.319. The van der Waals surface area contributed by atoms with Gasteiger partial charge in [0.1, 0.15) is 17.5 Å². The second-order valence-electron chi connectivity index (χ2n) is 4.05. The fourth-order valence-corrected chi connectivity index (χ4v) is 1.99. The van der Waals surface area contributed by atoms with Crippen LogP contribution in [0.4, 0.5) is 8.78 Å². The van der Waals surface area contributed by atoms with E-state index >= 15 is 0 Å². The fraction of sp³-hybridized carbons (Fsp3) is 0.417. The molecule has 1 aromatic rings. The van der Waals surface area contributed by atoms with Gasteiger partial charge in [0.2, 0.25) is 0 Å². The third-order valence-corrected chi connectivity index (χ3v) is 2.81. The van der Waals surface area contributed by atoms with Crippen LogP contribution in [-0.2, 0) is 0 Å². The average Bonchev–Trinajstić information content (AvgIpc) is 2.28. The van der Waals surface area contributed by atoms with E-state index in [1.807, 2.05) is 4.90 Å². The van der Waals surface area contributed by atoms with Crippen LogP contribution in [0.15, 0.2) is 18.2 Å². The number of nitrogens with one attached hydrogen (secondary N) is 1.